The molecule has 0 fully saturated rings. The van der Waals surface area contributed by atoms with Gasteiger partial charge in [-0.15, -0.1) is 0 Å². The van der Waals surface area contributed by atoms with Gasteiger partial charge in [0.15, 0.2) is 0 Å². The highest BCUT2D eigenvalue weighted by atomic mass is 16.5. The van der Waals surface area contributed by atoms with Crippen molar-refractivity contribution in [3.05, 3.63) is 29.3 Å². The first-order chi connectivity index (χ1) is 11.6. The van der Waals surface area contributed by atoms with E-state index >= 15 is 0 Å². The predicted molar refractivity (Wildman–Crippen MR) is 93.7 cm³/mol. The van der Waals surface area contributed by atoms with Crippen LogP contribution in [0.3, 0.4) is 0 Å². The summed E-state index contributed by atoms with van der Waals surface area (Å²) in [5.74, 6) is -0.992. The predicted octanol–water partition coefficient (Wildman–Crippen LogP) is 1.60. The first kappa shape index (κ1) is 20.5. The zero-order chi connectivity index (χ0) is 19.0. The number of aromatic carboxylic acids is 1. The summed E-state index contributed by atoms with van der Waals surface area (Å²) in [7, 11) is 1.47. The quantitative estimate of drug-likeness (QED) is 0.660. The Kier molecular flexibility index (Phi) is 7.42. The fourth-order valence-corrected chi connectivity index (χ4v) is 2.21. The molecule has 0 unspecified atom stereocenters. The van der Waals surface area contributed by atoms with Crippen LogP contribution in [0.2, 0.25) is 0 Å². The van der Waals surface area contributed by atoms with E-state index in [4.69, 9.17) is 9.84 Å². The Labute approximate surface area is 147 Å². The van der Waals surface area contributed by atoms with Crippen molar-refractivity contribution in [2.24, 2.45) is 5.41 Å². The highest BCUT2D eigenvalue weighted by molar-refractivity contribution is 5.88. The molecule has 0 spiro atoms. The van der Waals surface area contributed by atoms with Crippen molar-refractivity contribution in [3.63, 3.8) is 0 Å². The first-order valence-electron chi connectivity index (χ1n) is 8.06. The number of ether oxygens (including phenoxy) is 1. The lowest BCUT2D eigenvalue weighted by atomic mass is 9.92. The van der Waals surface area contributed by atoms with E-state index in [0.29, 0.717) is 25.1 Å². The molecule has 0 aromatic heterocycles. The Bertz CT molecular complexity index is 635. The van der Waals surface area contributed by atoms with Crippen LogP contribution in [0.4, 0.5) is 0 Å². The van der Waals surface area contributed by atoms with Crippen LogP contribution in [0.5, 0.6) is 5.75 Å². The van der Waals surface area contributed by atoms with Gasteiger partial charge in [0.05, 0.1) is 19.2 Å². The standard InChI is InChI=1S/C18H26N2O5/c1-18(2,3)10-15(21)20-11-16(22)19-8-7-12-5-6-13(17(23)24)9-14(12)25-4/h5-6,9H,7-8,10-11H2,1-4H3,(H,19,22)(H,20,21)(H,23,24). The van der Waals surface area contributed by atoms with Gasteiger partial charge in [0.2, 0.25) is 11.8 Å². The second-order valence-corrected chi connectivity index (χ2v) is 6.95. The average Bonchev–Trinajstić information content (AvgIpc) is 2.51. The highest BCUT2D eigenvalue weighted by Crippen LogP contribution is 2.20. The molecule has 25 heavy (non-hydrogen) atoms. The number of rotatable bonds is 8. The maximum atomic E-state index is 11.8. The molecule has 138 valence electrons. The van der Waals surface area contributed by atoms with Crippen molar-refractivity contribution < 1.29 is 24.2 Å². The summed E-state index contributed by atoms with van der Waals surface area (Å²) >= 11 is 0. The summed E-state index contributed by atoms with van der Waals surface area (Å²) in [5, 5.41) is 14.3. The second-order valence-electron chi connectivity index (χ2n) is 6.95. The van der Waals surface area contributed by atoms with E-state index in [1.54, 1.807) is 6.07 Å². The van der Waals surface area contributed by atoms with Crippen LogP contribution in [0.15, 0.2) is 18.2 Å². The smallest absolute Gasteiger partial charge is 0.335 e. The Balaban J connectivity index is 2.43. The minimum atomic E-state index is -1.02. The molecule has 0 aliphatic heterocycles. The number of nitrogens with one attached hydrogen (secondary N) is 2. The summed E-state index contributed by atoms with van der Waals surface area (Å²) in [6.07, 6.45) is 0.845. The number of hydrogen-bond donors (Lipinski definition) is 3. The van der Waals surface area contributed by atoms with E-state index in [1.807, 2.05) is 20.8 Å². The number of hydrogen-bond acceptors (Lipinski definition) is 4. The molecule has 1 rings (SSSR count). The monoisotopic (exact) mass is 350 g/mol. The molecule has 0 saturated carbocycles. The van der Waals surface area contributed by atoms with Crippen LogP contribution in [0.1, 0.15) is 43.1 Å². The number of carboxylic acid groups (broad SMARTS) is 1. The van der Waals surface area contributed by atoms with Crippen molar-refractivity contribution in [2.75, 3.05) is 20.2 Å². The van der Waals surface area contributed by atoms with Gasteiger partial charge in [-0.05, 0) is 29.5 Å². The van der Waals surface area contributed by atoms with E-state index < -0.39 is 5.97 Å². The number of methoxy groups -OCH3 is 1. The Morgan fingerprint density at radius 2 is 1.80 bits per heavy atom. The molecule has 0 aliphatic rings. The van der Waals surface area contributed by atoms with Crippen molar-refractivity contribution in [2.45, 2.75) is 33.6 Å². The molecule has 7 nitrogen and oxygen atoms in total. The number of carboxylic acids is 1. The number of benzene rings is 1. The van der Waals surface area contributed by atoms with Crippen LogP contribution in [0.25, 0.3) is 0 Å². The lowest BCUT2D eigenvalue weighted by Gasteiger charge is -2.17. The highest BCUT2D eigenvalue weighted by Gasteiger charge is 2.16. The summed E-state index contributed by atoms with van der Waals surface area (Å²) in [5.41, 5.74) is 0.815. The summed E-state index contributed by atoms with van der Waals surface area (Å²) in [6, 6.07) is 4.61. The molecular weight excluding hydrogens is 324 g/mol. The third-order valence-corrected chi connectivity index (χ3v) is 3.39. The fraction of sp³-hybridized carbons (Fsp3) is 0.500. The third-order valence-electron chi connectivity index (χ3n) is 3.39. The lowest BCUT2D eigenvalue weighted by Crippen LogP contribution is -2.38. The summed E-state index contributed by atoms with van der Waals surface area (Å²) < 4.78 is 5.19. The van der Waals surface area contributed by atoms with E-state index in [9.17, 15) is 14.4 Å². The first-order valence-corrected chi connectivity index (χ1v) is 8.06. The topological polar surface area (TPSA) is 105 Å². The molecule has 1 aromatic rings. The molecule has 7 heteroatoms. The molecule has 0 heterocycles. The molecule has 0 radical (unpaired) electrons. The van der Waals surface area contributed by atoms with E-state index in [1.165, 1.54) is 19.2 Å². The summed E-state index contributed by atoms with van der Waals surface area (Å²) in [6.45, 7) is 6.15. The second kappa shape index (κ2) is 9.05. The van der Waals surface area contributed by atoms with Crippen molar-refractivity contribution >= 4 is 17.8 Å². The van der Waals surface area contributed by atoms with Gasteiger partial charge in [0, 0.05) is 13.0 Å². The third kappa shape index (κ3) is 7.69. The normalized spacial score (nSPS) is 10.9. The SMILES string of the molecule is COc1cc(C(=O)O)ccc1CCNC(=O)CNC(=O)CC(C)(C)C. The number of carbonyl (C=O) groups excluding carboxylic acids is 2. The fourth-order valence-electron chi connectivity index (χ4n) is 2.21. The van der Waals surface area contributed by atoms with Crippen molar-refractivity contribution in [1.29, 1.82) is 0 Å². The van der Waals surface area contributed by atoms with E-state index in [-0.39, 0.29) is 29.3 Å². The Morgan fingerprint density at radius 3 is 2.36 bits per heavy atom. The van der Waals surface area contributed by atoms with Crippen molar-refractivity contribution in [1.82, 2.24) is 10.6 Å². The minimum Gasteiger partial charge on any atom is -0.496 e. The van der Waals surface area contributed by atoms with Gasteiger partial charge in [-0.1, -0.05) is 26.8 Å². The molecule has 0 atom stereocenters. The minimum absolute atomic E-state index is 0.0655. The van der Waals surface area contributed by atoms with Gasteiger partial charge in [-0.25, -0.2) is 4.79 Å². The molecule has 2 amide bonds. The van der Waals surface area contributed by atoms with E-state index in [0.717, 1.165) is 5.56 Å². The Hall–Kier alpha value is -2.57. The number of carbonyl (C=O) groups is 3. The van der Waals surface area contributed by atoms with E-state index in [2.05, 4.69) is 10.6 Å². The Morgan fingerprint density at radius 1 is 1.12 bits per heavy atom. The van der Waals surface area contributed by atoms with Gasteiger partial charge in [0.25, 0.3) is 0 Å². The molecular formula is C18H26N2O5. The maximum absolute atomic E-state index is 11.8. The zero-order valence-electron chi connectivity index (χ0n) is 15.1. The molecule has 0 saturated heterocycles. The van der Waals surface area contributed by atoms with Crippen LogP contribution in [0, 0.1) is 5.41 Å². The average molecular weight is 350 g/mol. The van der Waals surface area contributed by atoms with Crippen LogP contribution >= 0.6 is 0 Å². The molecule has 0 aliphatic carbocycles. The van der Waals surface area contributed by atoms with Crippen molar-refractivity contribution in [3.8, 4) is 5.75 Å². The molecule has 0 bridgehead atoms. The zero-order valence-corrected chi connectivity index (χ0v) is 15.1. The number of amides is 2. The van der Waals surface area contributed by atoms with Gasteiger partial charge < -0.3 is 20.5 Å². The van der Waals surface area contributed by atoms with Gasteiger partial charge in [0.1, 0.15) is 5.75 Å². The maximum Gasteiger partial charge on any atom is 0.335 e. The van der Waals surface area contributed by atoms with Gasteiger partial charge in [-0.2, -0.15) is 0 Å². The van der Waals surface area contributed by atoms with Crippen LogP contribution < -0.4 is 15.4 Å². The van der Waals surface area contributed by atoms with Gasteiger partial charge >= 0.3 is 5.97 Å². The molecule has 3 N–H and O–H groups in total. The van der Waals surface area contributed by atoms with Crippen LogP contribution in [-0.4, -0.2) is 43.1 Å². The van der Waals surface area contributed by atoms with Gasteiger partial charge in [-0.3, -0.25) is 9.59 Å². The molecule has 1 aromatic carbocycles. The lowest BCUT2D eigenvalue weighted by molar-refractivity contribution is -0.127. The largest absolute Gasteiger partial charge is 0.496 e. The summed E-state index contributed by atoms with van der Waals surface area (Å²) in [4.78, 5) is 34.4. The van der Waals surface area contributed by atoms with Crippen LogP contribution in [-0.2, 0) is 16.0 Å².